The molecule has 1 aromatic heterocycles. The molecule has 3 heterocycles. The molecule has 2 amide bonds. The van der Waals surface area contributed by atoms with Crippen LogP contribution in [0.25, 0.3) is 0 Å². The van der Waals surface area contributed by atoms with Crippen molar-refractivity contribution in [3.05, 3.63) is 22.8 Å². The Bertz CT molecular complexity index is 661. The number of aromatic nitrogens is 1. The number of nitrogens with zero attached hydrogens (tertiary/aromatic N) is 3. The zero-order valence-electron chi connectivity index (χ0n) is 14.4. The SMILES string of the molecule is CCC1CN(C2CCN(C(=O)c3cc(Cl)nc(OC)c3)CC2)C(=O)O1. The van der Waals surface area contributed by atoms with Crippen molar-refractivity contribution >= 4 is 23.6 Å². The molecule has 0 saturated carbocycles. The van der Waals surface area contributed by atoms with E-state index >= 15 is 0 Å². The summed E-state index contributed by atoms with van der Waals surface area (Å²) in [5.41, 5.74) is 0.460. The molecule has 8 heteroatoms. The molecule has 25 heavy (non-hydrogen) atoms. The molecule has 1 atom stereocenters. The number of amides is 2. The number of methoxy groups -OCH3 is 1. The van der Waals surface area contributed by atoms with E-state index < -0.39 is 0 Å². The van der Waals surface area contributed by atoms with Crippen LogP contribution in [0.5, 0.6) is 5.88 Å². The summed E-state index contributed by atoms with van der Waals surface area (Å²) < 4.78 is 10.4. The molecule has 2 fully saturated rings. The number of likely N-dealkylation sites (tertiary alicyclic amines) is 1. The fourth-order valence-electron chi connectivity index (χ4n) is 3.32. The molecule has 2 aliphatic heterocycles. The van der Waals surface area contributed by atoms with Gasteiger partial charge >= 0.3 is 6.09 Å². The molecule has 0 spiro atoms. The second kappa shape index (κ2) is 7.47. The Hall–Kier alpha value is -2.02. The summed E-state index contributed by atoms with van der Waals surface area (Å²) in [6.07, 6.45) is 2.06. The lowest BCUT2D eigenvalue weighted by atomic mass is 10.0. The number of cyclic esters (lactones) is 1. The van der Waals surface area contributed by atoms with Gasteiger partial charge in [0.15, 0.2) is 0 Å². The number of hydrogen-bond donors (Lipinski definition) is 0. The highest BCUT2D eigenvalue weighted by molar-refractivity contribution is 6.29. The van der Waals surface area contributed by atoms with Crippen LogP contribution in [0.3, 0.4) is 0 Å². The third-order valence-electron chi connectivity index (χ3n) is 4.78. The second-order valence-electron chi connectivity index (χ2n) is 6.31. The van der Waals surface area contributed by atoms with Crippen LogP contribution in [0.1, 0.15) is 36.5 Å². The molecule has 0 aromatic carbocycles. The minimum atomic E-state index is -0.234. The highest BCUT2D eigenvalue weighted by Gasteiger charge is 2.37. The van der Waals surface area contributed by atoms with Crippen LogP contribution in [0, 0.1) is 0 Å². The molecule has 1 unspecified atom stereocenters. The highest BCUT2D eigenvalue weighted by atomic mass is 35.5. The maximum atomic E-state index is 12.7. The Morgan fingerprint density at radius 2 is 2.12 bits per heavy atom. The van der Waals surface area contributed by atoms with Gasteiger partial charge in [-0.15, -0.1) is 0 Å². The van der Waals surface area contributed by atoms with Crippen molar-refractivity contribution in [2.24, 2.45) is 0 Å². The fraction of sp³-hybridized carbons (Fsp3) is 0.588. The Kier molecular flexibility index (Phi) is 5.32. The number of ether oxygens (including phenoxy) is 2. The maximum absolute atomic E-state index is 12.7. The number of pyridine rings is 1. The molecule has 0 radical (unpaired) electrons. The molecule has 0 aliphatic carbocycles. The van der Waals surface area contributed by atoms with Gasteiger partial charge < -0.3 is 19.3 Å². The van der Waals surface area contributed by atoms with Crippen LogP contribution < -0.4 is 4.74 Å². The van der Waals surface area contributed by atoms with Crippen molar-refractivity contribution in [2.45, 2.75) is 38.3 Å². The van der Waals surface area contributed by atoms with Gasteiger partial charge in [-0.25, -0.2) is 9.78 Å². The first-order chi connectivity index (χ1) is 12.0. The Balaban J connectivity index is 1.61. The van der Waals surface area contributed by atoms with E-state index in [0.717, 1.165) is 19.3 Å². The van der Waals surface area contributed by atoms with Crippen LogP contribution >= 0.6 is 11.6 Å². The van der Waals surface area contributed by atoms with Crippen LogP contribution in [0.4, 0.5) is 4.79 Å². The predicted molar refractivity (Wildman–Crippen MR) is 92.0 cm³/mol. The van der Waals surface area contributed by atoms with Gasteiger partial charge in [-0.3, -0.25) is 4.79 Å². The van der Waals surface area contributed by atoms with Crippen molar-refractivity contribution in [2.75, 3.05) is 26.7 Å². The van der Waals surface area contributed by atoms with E-state index in [1.807, 2.05) is 11.8 Å². The lowest BCUT2D eigenvalue weighted by molar-refractivity contribution is 0.0658. The van der Waals surface area contributed by atoms with Gasteiger partial charge in [-0.1, -0.05) is 18.5 Å². The zero-order valence-corrected chi connectivity index (χ0v) is 15.2. The molecule has 2 aliphatic rings. The molecule has 0 bridgehead atoms. The Morgan fingerprint density at radius 3 is 2.72 bits per heavy atom. The summed E-state index contributed by atoms with van der Waals surface area (Å²) in [6, 6.07) is 3.26. The predicted octanol–water partition coefficient (Wildman–Crippen LogP) is 2.58. The van der Waals surface area contributed by atoms with Crippen LogP contribution in [-0.2, 0) is 4.74 Å². The average molecular weight is 368 g/mol. The van der Waals surface area contributed by atoms with Crippen molar-refractivity contribution in [3.63, 3.8) is 0 Å². The standard InChI is InChI=1S/C17H22ClN3O4/c1-3-13-10-21(17(23)25-13)12-4-6-20(7-5-12)16(22)11-8-14(18)19-15(9-11)24-2/h8-9,12-13H,3-7,10H2,1-2H3. The monoisotopic (exact) mass is 367 g/mol. The maximum Gasteiger partial charge on any atom is 0.410 e. The van der Waals surface area contributed by atoms with Gasteiger partial charge in [0.05, 0.1) is 13.7 Å². The largest absolute Gasteiger partial charge is 0.481 e. The van der Waals surface area contributed by atoms with Gasteiger partial charge in [0.25, 0.3) is 5.91 Å². The quantitative estimate of drug-likeness (QED) is 0.765. The summed E-state index contributed by atoms with van der Waals surface area (Å²) in [5.74, 6) is 0.215. The van der Waals surface area contributed by atoms with Crippen LogP contribution in [0.15, 0.2) is 12.1 Å². The smallest absolute Gasteiger partial charge is 0.410 e. The second-order valence-corrected chi connectivity index (χ2v) is 6.70. The van der Waals surface area contributed by atoms with E-state index in [1.165, 1.54) is 7.11 Å². The van der Waals surface area contributed by atoms with E-state index in [2.05, 4.69) is 4.98 Å². The molecule has 7 nitrogen and oxygen atoms in total. The summed E-state index contributed by atoms with van der Waals surface area (Å²) in [5, 5.41) is 0.225. The van der Waals surface area contributed by atoms with Gasteiger partial charge in [-0.2, -0.15) is 0 Å². The summed E-state index contributed by atoms with van der Waals surface area (Å²) >= 11 is 5.94. The third-order valence-corrected chi connectivity index (χ3v) is 4.97. The lowest BCUT2D eigenvalue weighted by Gasteiger charge is -2.35. The van der Waals surface area contributed by atoms with Gasteiger partial charge in [-0.05, 0) is 25.3 Å². The van der Waals surface area contributed by atoms with E-state index in [1.54, 1.807) is 17.0 Å². The molecular formula is C17H22ClN3O4. The Labute approximate surface area is 151 Å². The normalized spacial score (nSPS) is 21.4. The molecule has 136 valence electrons. The summed E-state index contributed by atoms with van der Waals surface area (Å²) in [7, 11) is 1.48. The number of rotatable bonds is 4. The van der Waals surface area contributed by atoms with E-state index in [4.69, 9.17) is 21.1 Å². The number of carbonyl (C=O) groups excluding carboxylic acids is 2. The molecule has 3 rings (SSSR count). The molecular weight excluding hydrogens is 346 g/mol. The van der Waals surface area contributed by atoms with Crippen LogP contribution in [0.2, 0.25) is 5.15 Å². The topological polar surface area (TPSA) is 72.0 Å². The number of piperidine rings is 1. The third kappa shape index (κ3) is 3.81. The van der Waals surface area contributed by atoms with Crippen molar-refractivity contribution in [3.8, 4) is 5.88 Å². The number of halogens is 1. The average Bonchev–Trinajstić information content (AvgIpc) is 3.01. The molecule has 1 aromatic rings. The first kappa shape index (κ1) is 17.8. The van der Waals surface area contributed by atoms with Gasteiger partial charge in [0.1, 0.15) is 11.3 Å². The van der Waals surface area contributed by atoms with E-state index in [-0.39, 0.29) is 29.3 Å². The number of hydrogen-bond acceptors (Lipinski definition) is 5. The Morgan fingerprint density at radius 1 is 1.40 bits per heavy atom. The highest BCUT2D eigenvalue weighted by Crippen LogP contribution is 2.25. The first-order valence-electron chi connectivity index (χ1n) is 8.50. The van der Waals surface area contributed by atoms with E-state index in [9.17, 15) is 9.59 Å². The summed E-state index contributed by atoms with van der Waals surface area (Å²) in [4.78, 5) is 32.2. The van der Waals surface area contributed by atoms with Crippen molar-refractivity contribution < 1.29 is 19.1 Å². The van der Waals surface area contributed by atoms with Gasteiger partial charge in [0.2, 0.25) is 5.88 Å². The first-order valence-corrected chi connectivity index (χ1v) is 8.87. The number of carbonyl (C=O) groups is 2. The minimum Gasteiger partial charge on any atom is -0.481 e. The zero-order chi connectivity index (χ0) is 18.0. The molecule has 2 saturated heterocycles. The summed E-state index contributed by atoms with van der Waals surface area (Å²) in [6.45, 7) is 3.83. The van der Waals surface area contributed by atoms with Crippen molar-refractivity contribution in [1.29, 1.82) is 0 Å². The van der Waals surface area contributed by atoms with Crippen molar-refractivity contribution in [1.82, 2.24) is 14.8 Å². The minimum absolute atomic E-state index is 0.0152. The van der Waals surface area contributed by atoms with Crippen LogP contribution in [-0.4, -0.2) is 65.7 Å². The van der Waals surface area contributed by atoms with E-state index in [0.29, 0.717) is 31.1 Å². The fourth-order valence-corrected chi connectivity index (χ4v) is 3.52. The lowest BCUT2D eigenvalue weighted by Crippen LogP contribution is -2.47. The van der Waals surface area contributed by atoms with Gasteiger partial charge in [0, 0.05) is 30.8 Å². The molecule has 0 N–H and O–H groups in total.